The summed E-state index contributed by atoms with van der Waals surface area (Å²) >= 11 is 0. The second-order valence-corrected chi connectivity index (χ2v) is 10.9. The number of alkyl carbamates (subject to hydrolysis) is 1. The van der Waals surface area contributed by atoms with Gasteiger partial charge in [0.1, 0.15) is 12.2 Å². The molecule has 2 amide bonds. The van der Waals surface area contributed by atoms with Crippen LogP contribution in [0.25, 0.3) is 0 Å². The van der Waals surface area contributed by atoms with E-state index in [0.717, 1.165) is 32.4 Å². The summed E-state index contributed by atoms with van der Waals surface area (Å²) in [5.74, 6) is -0.560. The average Bonchev–Trinajstić information content (AvgIpc) is 3.32. The predicted octanol–water partition coefficient (Wildman–Crippen LogP) is 2.88. The number of hydrogen-bond acceptors (Lipinski definition) is 10. The van der Waals surface area contributed by atoms with E-state index >= 15 is 0 Å². The van der Waals surface area contributed by atoms with Crippen molar-refractivity contribution in [3.63, 3.8) is 0 Å². The summed E-state index contributed by atoms with van der Waals surface area (Å²) in [6.07, 6.45) is 8.83. The summed E-state index contributed by atoms with van der Waals surface area (Å²) in [6.45, 7) is 11.2. The quantitative estimate of drug-likeness (QED) is 0.228. The van der Waals surface area contributed by atoms with E-state index in [2.05, 4.69) is 33.6 Å². The maximum Gasteiger partial charge on any atom is 0.414 e. The highest BCUT2D eigenvalue weighted by Gasteiger charge is 2.22. The van der Waals surface area contributed by atoms with Gasteiger partial charge in [-0.15, -0.1) is 0 Å². The standard InChI is InChI=1S/C29H50N4O7/c1-29(2,3)40-28(35)32-27(34)23-39-19-18-38-17-16-37-15-14-36-13-7-11-30-10-5-8-24-20-25(22-31-21-24)26-9-6-12-33(26)4/h20-22,26,30H,5-19,23H2,1-4H3,(H,32,34,35)/t26-/m0/s1. The van der Waals surface area contributed by atoms with Gasteiger partial charge in [-0.3, -0.25) is 20.0 Å². The number of ether oxygens (including phenoxy) is 5. The van der Waals surface area contributed by atoms with Crippen LogP contribution in [0.4, 0.5) is 4.79 Å². The molecule has 1 aromatic heterocycles. The van der Waals surface area contributed by atoms with Gasteiger partial charge in [-0.2, -0.15) is 0 Å². The molecule has 40 heavy (non-hydrogen) atoms. The minimum atomic E-state index is -0.788. The van der Waals surface area contributed by atoms with Crippen molar-refractivity contribution in [1.82, 2.24) is 20.5 Å². The van der Waals surface area contributed by atoms with Crippen molar-refractivity contribution in [2.75, 3.05) is 79.5 Å². The summed E-state index contributed by atoms with van der Waals surface area (Å²) in [6, 6.07) is 2.85. The second kappa shape index (κ2) is 19.8. The van der Waals surface area contributed by atoms with E-state index in [1.165, 1.54) is 30.5 Å². The van der Waals surface area contributed by atoms with Gasteiger partial charge in [-0.25, -0.2) is 4.79 Å². The number of imide groups is 1. The van der Waals surface area contributed by atoms with Gasteiger partial charge < -0.3 is 29.0 Å². The topological polar surface area (TPSA) is 120 Å². The molecule has 1 aliphatic heterocycles. The van der Waals surface area contributed by atoms with Crippen LogP contribution in [0.5, 0.6) is 0 Å². The number of carbonyl (C=O) groups is 2. The van der Waals surface area contributed by atoms with E-state index < -0.39 is 17.6 Å². The first kappa shape index (κ1) is 34.1. The first-order valence-electron chi connectivity index (χ1n) is 14.4. The predicted molar refractivity (Wildman–Crippen MR) is 152 cm³/mol. The van der Waals surface area contributed by atoms with Crippen LogP contribution in [-0.4, -0.2) is 107 Å². The summed E-state index contributed by atoms with van der Waals surface area (Å²) in [7, 11) is 2.20. The zero-order chi connectivity index (χ0) is 29.1. The molecule has 0 unspecified atom stereocenters. The van der Waals surface area contributed by atoms with Crippen LogP contribution in [0.3, 0.4) is 0 Å². The van der Waals surface area contributed by atoms with Crippen molar-refractivity contribution in [2.24, 2.45) is 0 Å². The van der Waals surface area contributed by atoms with E-state index in [1.54, 1.807) is 20.8 Å². The Hall–Kier alpha value is -2.15. The number of rotatable bonds is 20. The molecule has 0 aliphatic carbocycles. The van der Waals surface area contributed by atoms with Gasteiger partial charge in [0.15, 0.2) is 0 Å². The Morgan fingerprint density at radius 3 is 2.25 bits per heavy atom. The Morgan fingerprint density at radius 2 is 1.60 bits per heavy atom. The van der Waals surface area contributed by atoms with Gasteiger partial charge in [-0.05, 0) is 90.7 Å². The van der Waals surface area contributed by atoms with Gasteiger partial charge in [0.2, 0.25) is 0 Å². The van der Waals surface area contributed by atoms with Gasteiger partial charge in [-0.1, -0.05) is 6.07 Å². The van der Waals surface area contributed by atoms with E-state index in [9.17, 15) is 9.59 Å². The molecule has 0 spiro atoms. The number of pyridine rings is 1. The third-order valence-corrected chi connectivity index (χ3v) is 6.17. The van der Waals surface area contributed by atoms with Crippen LogP contribution in [0, 0.1) is 0 Å². The molecule has 0 aromatic carbocycles. The van der Waals surface area contributed by atoms with Crippen LogP contribution in [-0.2, 0) is 34.9 Å². The number of carbonyl (C=O) groups excluding carboxylic acids is 2. The number of amides is 2. The third-order valence-electron chi connectivity index (χ3n) is 6.17. The van der Waals surface area contributed by atoms with Crippen LogP contribution < -0.4 is 10.6 Å². The zero-order valence-corrected chi connectivity index (χ0v) is 24.9. The third kappa shape index (κ3) is 16.2. The first-order valence-corrected chi connectivity index (χ1v) is 14.4. The molecule has 1 aliphatic rings. The molecule has 2 heterocycles. The Labute approximate surface area is 239 Å². The molecule has 0 saturated carbocycles. The lowest BCUT2D eigenvalue weighted by atomic mass is 10.0. The fourth-order valence-corrected chi connectivity index (χ4v) is 4.28. The summed E-state index contributed by atoms with van der Waals surface area (Å²) in [5, 5.41) is 5.59. The Bertz CT molecular complexity index is 850. The summed E-state index contributed by atoms with van der Waals surface area (Å²) in [4.78, 5) is 30.0. The molecule has 1 fully saturated rings. The molecule has 2 rings (SSSR count). The van der Waals surface area contributed by atoms with Crippen LogP contribution in [0.15, 0.2) is 18.5 Å². The molecule has 1 saturated heterocycles. The fourth-order valence-electron chi connectivity index (χ4n) is 4.28. The fraction of sp³-hybridized carbons (Fsp3) is 0.759. The van der Waals surface area contributed by atoms with Gasteiger partial charge in [0, 0.05) is 25.0 Å². The SMILES string of the molecule is CN1CCC[C@H]1c1cncc(CCCNCCCOCCOCCOCCOCC(=O)NC(=O)OC(C)(C)C)c1. The van der Waals surface area contributed by atoms with Gasteiger partial charge in [0.25, 0.3) is 5.91 Å². The van der Waals surface area contributed by atoms with Crippen LogP contribution in [0.1, 0.15) is 63.6 Å². The van der Waals surface area contributed by atoms with E-state index in [1.807, 2.05) is 12.4 Å². The zero-order valence-electron chi connectivity index (χ0n) is 24.9. The molecule has 1 aromatic rings. The van der Waals surface area contributed by atoms with E-state index in [0.29, 0.717) is 45.7 Å². The van der Waals surface area contributed by atoms with Crippen LogP contribution >= 0.6 is 0 Å². The molecule has 228 valence electrons. The Balaban J connectivity index is 1.30. The van der Waals surface area contributed by atoms with Gasteiger partial charge >= 0.3 is 6.09 Å². The maximum absolute atomic E-state index is 11.6. The highest BCUT2D eigenvalue weighted by molar-refractivity contribution is 5.92. The van der Waals surface area contributed by atoms with Crippen molar-refractivity contribution in [2.45, 2.75) is 64.5 Å². The normalized spacial score (nSPS) is 15.8. The molecule has 2 N–H and O–H groups in total. The lowest BCUT2D eigenvalue weighted by Crippen LogP contribution is -2.38. The minimum Gasteiger partial charge on any atom is -0.444 e. The molecular weight excluding hydrogens is 516 g/mol. The minimum absolute atomic E-state index is 0.238. The summed E-state index contributed by atoms with van der Waals surface area (Å²) < 4.78 is 26.6. The molecule has 1 atom stereocenters. The number of hydrogen-bond donors (Lipinski definition) is 2. The Kier molecular flexibility index (Phi) is 16.9. The van der Waals surface area contributed by atoms with Crippen molar-refractivity contribution in [3.8, 4) is 0 Å². The van der Waals surface area contributed by atoms with Crippen molar-refractivity contribution in [1.29, 1.82) is 0 Å². The van der Waals surface area contributed by atoms with Crippen molar-refractivity contribution < 1.29 is 33.3 Å². The molecular formula is C29H50N4O7. The number of aryl methyl sites for hydroxylation is 1. The molecule has 11 heteroatoms. The largest absolute Gasteiger partial charge is 0.444 e. The highest BCUT2D eigenvalue weighted by Crippen LogP contribution is 2.30. The van der Waals surface area contributed by atoms with Crippen molar-refractivity contribution >= 4 is 12.0 Å². The first-order chi connectivity index (χ1) is 19.2. The van der Waals surface area contributed by atoms with Crippen molar-refractivity contribution in [3.05, 3.63) is 29.6 Å². The number of nitrogens with zero attached hydrogens (tertiary/aromatic N) is 2. The maximum atomic E-state index is 11.6. The number of aromatic nitrogens is 1. The Morgan fingerprint density at radius 1 is 0.950 bits per heavy atom. The van der Waals surface area contributed by atoms with Crippen LogP contribution in [0.2, 0.25) is 0 Å². The smallest absolute Gasteiger partial charge is 0.414 e. The lowest BCUT2D eigenvalue weighted by molar-refractivity contribution is -0.125. The lowest BCUT2D eigenvalue weighted by Gasteiger charge is -2.19. The van der Waals surface area contributed by atoms with E-state index in [-0.39, 0.29) is 13.2 Å². The van der Waals surface area contributed by atoms with E-state index in [4.69, 9.17) is 23.7 Å². The monoisotopic (exact) mass is 566 g/mol. The average molecular weight is 567 g/mol. The molecule has 0 bridgehead atoms. The van der Waals surface area contributed by atoms with Gasteiger partial charge in [0.05, 0.1) is 39.6 Å². The number of nitrogens with one attached hydrogen (secondary N) is 2. The molecule has 11 nitrogen and oxygen atoms in total. The molecule has 0 radical (unpaired) electrons. The summed E-state index contributed by atoms with van der Waals surface area (Å²) in [5.41, 5.74) is 2.01. The number of likely N-dealkylation sites (tertiary alicyclic amines) is 1. The highest BCUT2D eigenvalue weighted by atomic mass is 16.6. The second-order valence-electron chi connectivity index (χ2n) is 10.9.